The van der Waals surface area contributed by atoms with Crippen molar-refractivity contribution in [2.75, 3.05) is 11.1 Å². The zero-order valence-electron chi connectivity index (χ0n) is 13.9. The smallest absolute Gasteiger partial charge is 0.258 e. The molecule has 0 saturated carbocycles. The Balaban J connectivity index is 1.77. The number of nitrogens with one attached hydrogen (secondary N) is 1. The molecule has 7 heteroatoms. The Hall–Kier alpha value is -2.67. The lowest BCUT2D eigenvalue weighted by atomic mass is 10.1. The molecule has 0 radical (unpaired) electrons. The Morgan fingerprint density at radius 3 is 2.56 bits per heavy atom. The Morgan fingerprint density at radius 1 is 1.16 bits per heavy atom. The molecule has 0 aliphatic rings. The van der Waals surface area contributed by atoms with Crippen LogP contribution in [0.5, 0.6) is 0 Å². The van der Waals surface area contributed by atoms with Crippen LogP contribution < -0.4 is 5.32 Å². The predicted octanol–water partition coefficient (Wildman–Crippen LogP) is 3.99. The standard InChI is InChI=1S/C18H17FN4OS/c1-3-25-18-22-21-16(23(18)2)12-8-10-13(11-9-12)20-17(24)14-6-4-5-7-15(14)19/h4-11H,3H2,1-2H3,(H,20,24). The van der Waals surface area contributed by atoms with Crippen LogP contribution in [0.3, 0.4) is 0 Å². The first-order valence-corrected chi connectivity index (χ1v) is 8.77. The first-order chi connectivity index (χ1) is 12.1. The fraction of sp³-hybridized carbons (Fsp3) is 0.167. The maximum absolute atomic E-state index is 13.7. The summed E-state index contributed by atoms with van der Waals surface area (Å²) in [6.07, 6.45) is 0. The second-order valence-corrected chi connectivity index (χ2v) is 6.54. The number of hydrogen-bond donors (Lipinski definition) is 1. The lowest BCUT2D eigenvalue weighted by Gasteiger charge is -2.07. The SMILES string of the molecule is CCSc1nnc(-c2ccc(NC(=O)c3ccccc3F)cc2)n1C. The zero-order valence-corrected chi connectivity index (χ0v) is 14.7. The fourth-order valence-corrected chi connectivity index (χ4v) is 3.00. The molecule has 1 aromatic heterocycles. The number of amides is 1. The highest BCUT2D eigenvalue weighted by Crippen LogP contribution is 2.24. The molecule has 1 heterocycles. The summed E-state index contributed by atoms with van der Waals surface area (Å²) in [6, 6.07) is 13.1. The minimum Gasteiger partial charge on any atom is -0.322 e. The number of hydrogen-bond acceptors (Lipinski definition) is 4. The summed E-state index contributed by atoms with van der Waals surface area (Å²) in [5, 5.41) is 11.9. The molecule has 25 heavy (non-hydrogen) atoms. The maximum Gasteiger partial charge on any atom is 0.258 e. The highest BCUT2D eigenvalue weighted by molar-refractivity contribution is 7.99. The third-order valence-corrected chi connectivity index (χ3v) is 4.53. The van der Waals surface area contributed by atoms with Gasteiger partial charge >= 0.3 is 0 Å². The molecule has 3 rings (SSSR count). The highest BCUT2D eigenvalue weighted by Gasteiger charge is 2.13. The maximum atomic E-state index is 13.7. The van der Waals surface area contributed by atoms with Gasteiger partial charge < -0.3 is 9.88 Å². The number of anilines is 1. The number of aromatic nitrogens is 3. The number of thioether (sulfide) groups is 1. The van der Waals surface area contributed by atoms with Gasteiger partial charge in [-0.2, -0.15) is 0 Å². The van der Waals surface area contributed by atoms with Crippen molar-refractivity contribution >= 4 is 23.4 Å². The van der Waals surface area contributed by atoms with Crippen molar-refractivity contribution < 1.29 is 9.18 Å². The third-order valence-electron chi connectivity index (χ3n) is 3.63. The molecule has 3 aromatic rings. The molecule has 1 amide bonds. The van der Waals surface area contributed by atoms with E-state index in [0.717, 1.165) is 22.3 Å². The molecule has 0 saturated heterocycles. The normalized spacial score (nSPS) is 10.7. The van der Waals surface area contributed by atoms with Gasteiger partial charge in [-0.1, -0.05) is 30.8 Å². The van der Waals surface area contributed by atoms with Gasteiger partial charge in [0.2, 0.25) is 0 Å². The second-order valence-electron chi connectivity index (χ2n) is 5.31. The zero-order chi connectivity index (χ0) is 17.8. The number of rotatable bonds is 5. The Labute approximate surface area is 149 Å². The first kappa shape index (κ1) is 17.2. The minimum absolute atomic E-state index is 0.0149. The molecular weight excluding hydrogens is 339 g/mol. The van der Waals surface area contributed by atoms with E-state index in [1.807, 2.05) is 23.7 Å². The van der Waals surface area contributed by atoms with Crippen molar-refractivity contribution in [2.24, 2.45) is 7.05 Å². The van der Waals surface area contributed by atoms with Gasteiger partial charge in [0.1, 0.15) is 5.82 Å². The number of nitrogens with zero attached hydrogens (tertiary/aromatic N) is 3. The summed E-state index contributed by atoms with van der Waals surface area (Å²) in [5.41, 5.74) is 1.49. The van der Waals surface area contributed by atoms with E-state index in [0.29, 0.717) is 5.69 Å². The predicted molar refractivity (Wildman–Crippen MR) is 97.2 cm³/mol. The summed E-state index contributed by atoms with van der Waals surface area (Å²) < 4.78 is 15.6. The summed E-state index contributed by atoms with van der Waals surface area (Å²) in [4.78, 5) is 12.1. The van der Waals surface area contributed by atoms with Crippen molar-refractivity contribution in [1.29, 1.82) is 0 Å². The minimum atomic E-state index is -0.545. The van der Waals surface area contributed by atoms with Crippen molar-refractivity contribution in [3.63, 3.8) is 0 Å². The molecule has 0 atom stereocenters. The molecule has 128 valence electrons. The number of carbonyl (C=O) groups excluding carboxylic acids is 1. The van der Waals surface area contributed by atoms with Crippen LogP contribution in [0.4, 0.5) is 10.1 Å². The summed E-state index contributed by atoms with van der Waals surface area (Å²) >= 11 is 1.62. The summed E-state index contributed by atoms with van der Waals surface area (Å²) in [6.45, 7) is 2.06. The Bertz CT molecular complexity index is 892. The fourth-order valence-electron chi connectivity index (χ4n) is 2.37. The lowest BCUT2D eigenvalue weighted by molar-refractivity contribution is 0.102. The number of benzene rings is 2. The van der Waals surface area contributed by atoms with Crippen LogP contribution in [0, 0.1) is 5.82 Å². The largest absolute Gasteiger partial charge is 0.322 e. The van der Waals surface area contributed by atoms with Crippen LogP contribution >= 0.6 is 11.8 Å². The van der Waals surface area contributed by atoms with Gasteiger partial charge in [-0.25, -0.2) is 4.39 Å². The van der Waals surface area contributed by atoms with E-state index >= 15 is 0 Å². The van der Waals surface area contributed by atoms with Gasteiger partial charge in [0.25, 0.3) is 5.91 Å². The molecule has 1 N–H and O–H groups in total. The van der Waals surface area contributed by atoms with Crippen molar-refractivity contribution in [1.82, 2.24) is 14.8 Å². The average molecular weight is 356 g/mol. The van der Waals surface area contributed by atoms with E-state index in [2.05, 4.69) is 22.4 Å². The van der Waals surface area contributed by atoms with E-state index < -0.39 is 11.7 Å². The molecular formula is C18H17FN4OS. The summed E-state index contributed by atoms with van der Waals surface area (Å²) in [5.74, 6) is 0.651. The van der Waals surface area contributed by atoms with E-state index in [1.54, 1.807) is 36.0 Å². The molecule has 5 nitrogen and oxygen atoms in total. The molecule has 0 bridgehead atoms. The molecule has 0 spiro atoms. The van der Waals surface area contributed by atoms with Crippen LogP contribution in [0.1, 0.15) is 17.3 Å². The lowest BCUT2D eigenvalue weighted by Crippen LogP contribution is -2.13. The topological polar surface area (TPSA) is 59.8 Å². The van der Waals surface area contributed by atoms with Gasteiger partial charge in [-0.05, 0) is 42.2 Å². The third kappa shape index (κ3) is 3.71. The number of carbonyl (C=O) groups is 1. The molecule has 0 aliphatic heterocycles. The van der Waals surface area contributed by atoms with Gasteiger partial charge in [-0.3, -0.25) is 4.79 Å². The van der Waals surface area contributed by atoms with Gasteiger partial charge in [-0.15, -0.1) is 10.2 Å². The van der Waals surface area contributed by atoms with Gasteiger partial charge in [0, 0.05) is 18.3 Å². The van der Waals surface area contributed by atoms with E-state index in [-0.39, 0.29) is 5.56 Å². The molecule has 0 fully saturated rings. The Morgan fingerprint density at radius 2 is 1.88 bits per heavy atom. The molecule has 2 aromatic carbocycles. The van der Waals surface area contributed by atoms with E-state index in [1.165, 1.54) is 12.1 Å². The quantitative estimate of drug-likeness (QED) is 0.703. The van der Waals surface area contributed by atoms with Gasteiger partial charge in [0.05, 0.1) is 5.56 Å². The van der Waals surface area contributed by atoms with Crippen LogP contribution in [-0.2, 0) is 7.05 Å². The van der Waals surface area contributed by atoms with Crippen LogP contribution in [0.2, 0.25) is 0 Å². The van der Waals surface area contributed by atoms with Gasteiger partial charge in [0.15, 0.2) is 11.0 Å². The highest BCUT2D eigenvalue weighted by atomic mass is 32.2. The molecule has 0 aliphatic carbocycles. The summed E-state index contributed by atoms with van der Waals surface area (Å²) in [7, 11) is 1.92. The first-order valence-electron chi connectivity index (χ1n) is 7.78. The van der Waals surface area contributed by atoms with Crippen LogP contribution in [0.15, 0.2) is 53.7 Å². The monoisotopic (exact) mass is 356 g/mol. The van der Waals surface area contributed by atoms with Crippen LogP contribution in [-0.4, -0.2) is 26.4 Å². The number of halogens is 1. The van der Waals surface area contributed by atoms with E-state index in [4.69, 9.17) is 0 Å². The van der Waals surface area contributed by atoms with E-state index in [9.17, 15) is 9.18 Å². The Kier molecular flexibility index (Phi) is 5.14. The molecule has 0 unspecified atom stereocenters. The van der Waals surface area contributed by atoms with Crippen molar-refractivity contribution in [3.05, 3.63) is 59.9 Å². The van der Waals surface area contributed by atoms with Crippen molar-refractivity contribution in [3.8, 4) is 11.4 Å². The average Bonchev–Trinajstić information content (AvgIpc) is 2.97. The van der Waals surface area contributed by atoms with Crippen molar-refractivity contribution in [2.45, 2.75) is 12.1 Å². The van der Waals surface area contributed by atoms with Crippen LogP contribution in [0.25, 0.3) is 11.4 Å². The second kappa shape index (κ2) is 7.48.